The molecular formula is C18H29NO4. The monoisotopic (exact) mass is 323 g/mol. The van der Waals surface area contributed by atoms with E-state index in [9.17, 15) is 10.1 Å². The summed E-state index contributed by atoms with van der Waals surface area (Å²) in [6.07, 6.45) is 8.78. The van der Waals surface area contributed by atoms with E-state index in [1.54, 1.807) is 12.1 Å². The Bertz CT molecular complexity index is 462. The summed E-state index contributed by atoms with van der Waals surface area (Å²) >= 11 is 0. The second-order valence-electron chi connectivity index (χ2n) is 5.70. The van der Waals surface area contributed by atoms with Crippen LogP contribution in [0, 0.1) is 10.1 Å². The van der Waals surface area contributed by atoms with Gasteiger partial charge in [-0.3, -0.25) is 10.1 Å². The summed E-state index contributed by atoms with van der Waals surface area (Å²) < 4.78 is 11.2. The molecule has 1 aromatic carbocycles. The van der Waals surface area contributed by atoms with Crippen LogP contribution < -0.4 is 9.47 Å². The van der Waals surface area contributed by atoms with Crippen LogP contribution in [0.3, 0.4) is 0 Å². The van der Waals surface area contributed by atoms with E-state index in [0.717, 1.165) is 38.5 Å². The highest BCUT2D eigenvalue weighted by Crippen LogP contribution is 2.31. The van der Waals surface area contributed by atoms with E-state index in [0.29, 0.717) is 24.7 Å². The Balaban J connectivity index is 2.51. The fourth-order valence-corrected chi connectivity index (χ4v) is 2.28. The van der Waals surface area contributed by atoms with Crippen molar-refractivity contribution < 1.29 is 14.4 Å². The summed E-state index contributed by atoms with van der Waals surface area (Å²) in [5.41, 5.74) is -0.0217. The van der Waals surface area contributed by atoms with Crippen molar-refractivity contribution in [3.05, 3.63) is 28.3 Å². The summed E-state index contributed by atoms with van der Waals surface area (Å²) in [6, 6.07) is 4.84. The Kier molecular flexibility index (Phi) is 9.84. The summed E-state index contributed by atoms with van der Waals surface area (Å²) in [4.78, 5) is 10.8. The quantitative estimate of drug-likeness (QED) is 0.273. The van der Waals surface area contributed by atoms with Crippen LogP contribution in [0.4, 0.5) is 5.69 Å². The molecule has 0 aromatic heterocycles. The standard InChI is InChI=1S/C18H29NO4/c1-3-5-7-9-13-22-16-11-12-18(17(15-16)19(20)21)23-14-10-8-6-4-2/h11-12,15H,3-10,13-14H2,1-2H3. The van der Waals surface area contributed by atoms with Gasteiger partial charge in [0.1, 0.15) is 5.75 Å². The average molecular weight is 323 g/mol. The molecule has 0 saturated heterocycles. The third-order valence-electron chi connectivity index (χ3n) is 3.65. The minimum absolute atomic E-state index is 0.0217. The first-order valence-corrected chi connectivity index (χ1v) is 8.73. The highest BCUT2D eigenvalue weighted by molar-refractivity contribution is 5.50. The molecule has 0 spiro atoms. The molecule has 130 valence electrons. The van der Waals surface area contributed by atoms with Gasteiger partial charge in [-0.25, -0.2) is 0 Å². The molecule has 0 saturated carbocycles. The third-order valence-corrected chi connectivity index (χ3v) is 3.65. The number of benzene rings is 1. The van der Waals surface area contributed by atoms with Gasteiger partial charge in [-0.1, -0.05) is 52.4 Å². The van der Waals surface area contributed by atoms with E-state index in [-0.39, 0.29) is 5.69 Å². The number of hydrogen-bond donors (Lipinski definition) is 0. The predicted molar refractivity (Wildman–Crippen MR) is 92.4 cm³/mol. The molecule has 5 heteroatoms. The minimum atomic E-state index is -0.411. The van der Waals surface area contributed by atoms with Crippen LogP contribution in [0.2, 0.25) is 0 Å². The third kappa shape index (κ3) is 7.86. The lowest BCUT2D eigenvalue weighted by Gasteiger charge is -2.09. The topological polar surface area (TPSA) is 61.6 Å². The van der Waals surface area contributed by atoms with Crippen LogP contribution in [0.15, 0.2) is 18.2 Å². The first-order valence-electron chi connectivity index (χ1n) is 8.73. The first kappa shape index (κ1) is 19.3. The van der Waals surface area contributed by atoms with Crippen molar-refractivity contribution in [3.8, 4) is 11.5 Å². The summed E-state index contributed by atoms with van der Waals surface area (Å²) in [5.74, 6) is 0.858. The van der Waals surface area contributed by atoms with Crippen molar-refractivity contribution in [1.29, 1.82) is 0 Å². The molecular weight excluding hydrogens is 294 g/mol. The van der Waals surface area contributed by atoms with Gasteiger partial charge < -0.3 is 9.47 Å². The number of nitrogens with zero attached hydrogens (tertiary/aromatic N) is 1. The molecule has 0 bridgehead atoms. The zero-order valence-corrected chi connectivity index (χ0v) is 14.4. The molecule has 5 nitrogen and oxygen atoms in total. The molecule has 23 heavy (non-hydrogen) atoms. The summed E-state index contributed by atoms with van der Waals surface area (Å²) in [5, 5.41) is 11.2. The van der Waals surface area contributed by atoms with Gasteiger partial charge in [0.2, 0.25) is 0 Å². The maximum Gasteiger partial charge on any atom is 0.314 e. The van der Waals surface area contributed by atoms with Gasteiger partial charge >= 0.3 is 5.69 Å². The van der Waals surface area contributed by atoms with Gasteiger partial charge in [-0.15, -0.1) is 0 Å². The number of nitro benzene ring substituents is 1. The van der Waals surface area contributed by atoms with Crippen LogP contribution in [-0.2, 0) is 0 Å². The lowest BCUT2D eigenvalue weighted by atomic mass is 10.2. The Morgan fingerprint density at radius 3 is 2.09 bits per heavy atom. The Labute approximate surface area is 139 Å². The molecule has 0 fully saturated rings. The van der Waals surface area contributed by atoms with Crippen LogP contribution in [0.5, 0.6) is 11.5 Å². The number of nitro groups is 1. The van der Waals surface area contributed by atoms with Crippen LogP contribution in [0.25, 0.3) is 0 Å². The molecule has 0 radical (unpaired) electrons. The maximum atomic E-state index is 11.2. The predicted octanol–water partition coefficient (Wildman–Crippen LogP) is 5.51. The smallest absolute Gasteiger partial charge is 0.314 e. The van der Waals surface area contributed by atoms with E-state index in [1.807, 2.05) is 0 Å². The van der Waals surface area contributed by atoms with E-state index >= 15 is 0 Å². The molecule has 1 aromatic rings. The van der Waals surface area contributed by atoms with Crippen LogP contribution >= 0.6 is 0 Å². The number of unbranched alkanes of at least 4 members (excludes halogenated alkanes) is 6. The van der Waals surface area contributed by atoms with Gasteiger partial charge in [0.25, 0.3) is 0 Å². The lowest BCUT2D eigenvalue weighted by molar-refractivity contribution is -0.386. The molecule has 0 amide bonds. The zero-order valence-electron chi connectivity index (χ0n) is 14.4. The molecule has 0 aliphatic rings. The first-order chi connectivity index (χ1) is 11.2. The Morgan fingerprint density at radius 2 is 1.52 bits per heavy atom. The fourth-order valence-electron chi connectivity index (χ4n) is 2.28. The van der Waals surface area contributed by atoms with E-state index < -0.39 is 4.92 Å². The second kappa shape index (κ2) is 11.7. The van der Waals surface area contributed by atoms with Crippen LogP contribution in [0.1, 0.15) is 65.2 Å². The van der Waals surface area contributed by atoms with E-state index in [2.05, 4.69) is 13.8 Å². The van der Waals surface area contributed by atoms with Crippen molar-refractivity contribution in [1.82, 2.24) is 0 Å². The minimum Gasteiger partial charge on any atom is -0.493 e. The zero-order chi connectivity index (χ0) is 16.9. The highest BCUT2D eigenvalue weighted by atomic mass is 16.6. The number of hydrogen-bond acceptors (Lipinski definition) is 4. The van der Waals surface area contributed by atoms with Crippen molar-refractivity contribution in [3.63, 3.8) is 0 Å². The van der Waals surface area contributed by atoms with Crippen molar-refractivity contribution in [2.45, 2.75) is 65.2 Å². The van der Waals surface area contributed by atoms with E-state index in [1.165, 1.54) is 18.9 Å². The largest absolute Gasteiger partial charge is 0.493 e. The van der Waals surface area contributed by atoms with E-state index in [4.69, 9.17) is 9.47 Å². The normalized spacial score (nSPS) is 10.5. The fraction of sp³-hybridized carbons (Fsp3) is 0.667. The second-order valence-corrected chi connectivity index (χ2v) is 5.70. The van der Waals surface area contributed by atoms with Crippen LogP contribution in [-0.4, -0.2) is 18.1 Å². The van der Waals surface area contributed by atoms with Crippen molar-refractivity contribution >= 4 is 5.69 Å². The van der Waals surface area contributed by atoms with Crippen molar-refractivity contribution in [2.75, 3.05) is 13.2 Å². The molecule has 1 rings (SSSR count). The Morgan fingerprint density at radius 1 is 0.913 bits per heavy atom. The van der Waals surface area contributed by atoms with Crippen molar-refractivity contribution in [2.24, 2.45) is 0 Å². The molecule has 0 aliphatic carbocycles. The summed E-state index contributed by atoms with van der Waals surface area (Å²) in [7, 11) is 0. The molecule has 0 atom stereocenters. The SMILES string of the molecule is CCCCCCOc1ccc(OCCCCCC)c([N+](=O)[O-])c1. The molecule has 0 unspecified atom stereocenters. The number of rotatable bonds is 13. The highest BCUT2D eigenvalue weighted by Gasteiger charge is 2.16. The molecule has 0 N–H and O–H groups in total. The number of ether oxygens (including phenoxy) is 2. The van der Waals surface area contributed by atoms with Gasteiger partial charge in [0.15, 0.2) is 5.75 Å². The maximum absolute atomic E-state index is 11.2. The van der Waals surface area contributed by atoms with Gasteiger partial charge in [-0.2, -0.15) is 0 Å². The van der Waals surface area contributed by atoms with Gasteiger partial charge in [-0.05, 0) is 25.0 Å². The molecule has 0 aliphatic heterocycles. The molecule has 0 heterocycles. The summed E-state index contributed by atoms with van der Waals surface area (Å²) in [6.45, 7) is 5.41. The Hall–Kier alpha value is -1.78. The van der Waals surface area contributed by atoms with Gasteiger partial charge in [0, 0.05) is 0 Å². The average Bonchev–Trinajstić information content (AvgIpc) is 2.55. The van der Waals surface area contributed by atoms with Gasteiger partial charge in [0.05, 0.1) is 24.2 Å². The lowest BCUT2D eigenvalue weighted by Crippen LogP contribution is -2.02.